The van der Waals surface area contributed by atoms with Crippen LogP contribution in [-0.2, 0) is 4.79 Å². The second kappa shape index (κ2) is 4.93. The van der Waals surface area contributed by atoms with Crippen LogP contribution in [0.15, 0.2) is 48.5 Å². The molecular formula is C17H15NO2. The smallest absolute Gasteiger partial charge is 0.232 e. The van der Waals surface area contributed by atoms with Crippen LogP contribution in [0, 0.1) is 6.92 Å². The first-order valence-corrected chi connectivity index (χ1v) is 6.65. The SMILES string of the molecule is Cc1ccc2c(c1)C(CC(=O)c1ccccc1)C(=O)N2. The van der Waals surface area contributed by atoms with E-state index in [4.69, 9.17) is 0 Å². The molecule has 2 aromatic carbocycles. The fourth-order valence-corrected chi connectivity index (χ4v) is 2.58. The second-order valence-corrected chi connectivity index (χ2v) is 5.13. The van der Waals surface area contributed by atoms with E-state index < -0.39 is 0 Å². The molecular weight excluding hydrogens is 250 g/mol. The molecule has 2 aromatic rings. The lowest BCUT2D eigenvalue weighted by atomic mass is 9.92. The molecule has 1 unspecified atom stereocenters. The molecule has 0 aromatic heterocycles. The number of ketones is 1. The van der Waals surface area contributed by atoms with Gasteiger partial charge >= 0.3 is 0 Å². The Labute approximate surface area is 117 Å². The van der Waals surface area contributed by atoms with Crippen molar-refractivity contribution in [1.29, 1.82) is 0 Å². The van der Waals surface area contributed by atoms with Gasteiger partial charge in [0.15, 0.2) is 5.78 Å². The molecule has 3 heteroatoms. The molecule has 1 heterocycles. The van der Waals surface area contributed by atoms with Crippen LogP contribution in [0.4, 0.5) is 5.69 Å². The van der Waals surface area contributed by atoms with Gasteiger partial charge in [0.2, 0.25) is 5.91 Å². The Morgan fingerprint density at radius 2 is 1.90 bits per heavy atom. The highest BCUT2D eigenvalue weighted by Crippen LogP contribution is 2.35. The topological polar surface area (TPSA) is 46.2 Å². The van der Waals surface area contributed by atoms with Crippen LogP contribution in [-0.4, -0.2) is 11.7 Å². The van der Waals surface area contributed by atoms with E-state index in [1.54, 1.807) is 12.1 Å². The third-order valence-corrected chi connectivity index (χ3v) is 3.64. The number of carbonyl (C=O) groups is 2. The van der Waals surface area contributed by atoms with Crippen LogP contribution in [0.25, 0.3) is 0 Å². The lowest BCUT2D eigenvalue weighted by Gasteiger charge is -2.08. The molecule has 100 valence electrons. The summed E-state index contributed by atoms with van der Waals surface area (Å²) >= 11 is 0. The van der Waals surface area contributed by atoms with Gasteiger partial charge in [0.1, 0.15) is 0 Å². The highest BCUT2D eigenvalue weighted by Gasteiger charge is 2.32. The standard InChI is InChI=1S/C17H15NO2/c1-11-7-8-15-13(9-11)14(17(20)18-15)10-16(19)12-5-3-2-4-6-12/h2-9,14H,10H2,1H3,(H,18,20). The predicted octanol–water partition coefficient (Wildman–Crippen LogP) is 3.30. The summed E-state index contributed by atoms with van der Waals surface area (Å²) in [5.41, 5.74) is 3.50. The molecule has 0 aliphatic carbocycles. The molecule has 0 fully saturated rings. The molecule has 0 saturated heterocycles. The van der Waals surface area contributed by atoms with Crippen molar-refractivity contribution in [2.75, 3.05) is 5.32 Å². The Hall–Kier alpha value is -2.42. The number of hydrogen-bond acceptors (Lipinski definition) is 2. The van der Waals surface area contributed by atoms with Crippen LogP contribution in [0.1, 0.15) is 33.8 Å². The number of aryl methyl sites for hydroxylation is 1. The Bertz CT molecular complexity index is 677. The first-order chi connectivity index (χ1) is 9.65. The van der Waals surface area contributed by atoms with Gasteiger partial charge in [-0.25, -0.2) is 0 Å². The molecule has 0 spiro atoms. The van der Waals surface area contributed by atoms with E-state index in [-0.39, 0.29) is 24.0 Å². The Kier molecular flexibility index (Phi) is 3.11. The molecule has 1 amide bonds. The van der Waals surface area contributed by atoms with Crippen molar-refractivity contribution in [3.05, 3.63) is 65.2 Å². The first-order valence-electron chi connectivity index (χ1n) is 6.65. The number of nitrogens with one attached hydrogen (secondary N) is 1. The Balaban J connectivity index is 1.87. The Morgan fingerprint density at radius 1 is 1.15 bits per heavy atom. The maximum Gasteiger partial charge on any atom is 0.232 e. The van der Waals surface area contributed by atoms with Crippen LogP contribution >= 0.6 is 0 Å². The Morgan fingerprint density at radius 3 is 2.65 bits per heavy atom. The monoisotopic (exact) mass is 265 g/mol. The summed E-state index contributed by atoms with van der Waals surface area (Å²) in [4.78, 5) is 24.3. The molecule has 1 atom stereocenters. The van der Waals surface area contributed by atoms with Gasteiger partial charge in [-0.15, -0.1) is 0 Å². The summed E-state index contributed by atoms with van der Waals surface area (Å²) < 4.78 is 0. The number of anilines is 1. The van der Waals surface area contributed by atoms with Crippen molar-refractivity contribution in [3.63, 3.8) is 0 Å². The van der Waals surface area contributed by atoms with Gasteiger partial charge in [0.05, 0.1) is 5.92 Å². The van der Waals surface area contributed by atoms with Gasteiger partial charge in [0.25, 0.3) is 0 Å². The minimum Gasteiger partial charge on any atom is -0.325 e. The average molecular weight is 265 g/mol. The van der Waals surface area contributed by atoms with Crippen LogP contribution in [0.2, 0.25) is 0 Å². The van der Waals surface area contributed by atoms with Gasteiger partial charge < -0.3 is 5.32 Å². The van der Waals surface area contributed by atoms with Crippen molar-refractivity contribution in [1.82, 2.24) is 0 Å². The van der Waals surface area contributed by atoms with Crippen molar-refractivity contribution in [2.24, 2.45) is 0 Å². The molecule has 3 nitrogen and oxygen atoms in total. The number of benzene rings is 2. The molecule has 1 N–H and O–H groups in total. The molecule has 3 rings (SSSR count). The van der Waals surface area contributed by atoms with Gasteiger partial charge in [-0.2, -0.15) is 0 Å². The third-order valence-electron chi connectivity index (χ3n) is 3.64. The number of hydrogen-bond donors (Lipinski definition) is 1. The molecule has 0 bridgehead atoms. The molecule has 0 radical (unpaired) electrons. The minimum atomic E-state index is -0.377. The summed E-state index contributed by atoms with van der Waals surface area (Å²) in [6.07, 6.45) is 0.215. The molecule has 1 aliphatic heterocycles. The predicted molar refractivity (Wildman–Crippen MR) is 77.9 cm³/mol. The molecule has 20 heavy (non-hydrogen) atoms. The first kappa shape index (κ1) is 12.6. The van der Waals surface area contributed by atoms with E-state index in [0.717, 1.165) is 16.8 Å². The van der Waals surface area contributed by atoms with E-state index in [1.807, 2.05) is 43.3 Å². The third kappa shape index (κ3) is 2.23. The van der Waals surface area contributed by atoms with E-state index in [0.29, 0.717) is 5.56 Å². The summed E-state index contributed by atoms with van der Waals surface area (Å²) in [6, 6.07) is 14.9. The summed E-state index contributed by atoms with van der Waals surface area (Å²) in [5.74, 6) is -0.465. The normalized spacial score (nSPS) is 16.6. The highest BCUT2D eigenvalue weighted by atomic mass is 16.2. The number of Topliss-reactive ketones (excluding diaryl/α,β-unsaturated/α-hetero) is 1. The van der Waals surface area contributed by atoms with E-state index >= 15 is 0 Å². The maximum atomic E-state index is 12.3. The number of rotatable bonds is 3. The van der Waals surface area contributed by atoms with Crippen LogP contribution < -0.4 is 5.32 Å². The summed E-state index contributed by atoms with van der Waals surface area (Å²) in [5, 5.41) is 2.84. The number of carbonyl (C=O) groups excluding carboxylic acids is 2. The van der Waals surface area contributed by atoms with Gasteiger partial charge in [-0.05, 0) is 18.6 Å². The summed E-state index contributed by atoms with van der Waals surface area (Å²) in [6.45, 7) is 1.99. The van der Waals surface area contributed by atoms with Gasteiger partial charge in [-0.1, -0.05) is 48.0 Å². The number of fused-ring (bicyclic) bond motifs is 1. The molecule has 0 saturated carbocycles. The van der Waals surface area contributed by atoms with E-state index in [9.17, 15) is 9.59 Å². The number of amides is 1. The van der Waals surface area contributed by atoms with Gasteiger partial charge in [-0.3, -0.25) is 9.59 Å². The van der Waals surface area contributed by atoms with Crippen molar-refractivity contribution < 1.29 is 9.59 Å². The highest BCUT2D eigenvalue weighted by molar-refractivity contribution is 6.07. The lowest BCUT2D eigenvalue weighted by Crippen LogP contribution is -2.16. The second-order valence-electron chi connectivity index (χ2n) is 5.13. The zero-order valence-electron chi connectivity index (χ0n) is 11.2. The van der Waals surface area contributed by atoms with E-state index in [1.165, 1.54) is 0 Å². The largest absolute Gasteiger partial charge is 0.325 e. The quantitative estimate of drug-likeness (QED) is 0.865. The van der Waals surface area contributed by atoms with Crippen molar-refractivity contribution in [2.45, 2.75) is 19.3 Å². The van der Waals surface area contributed by atoms with Crippen LogP contribution in [0.5, 0.6) is 0 Å². The zero-order valence-corrected chi connectivity index (χ0v) is 11.2. The van der Waals surface area contributed by atoms with Crippen molar-refractivity contribution in [3.8, 4) is 0 Å². The van der Waals surface area contributed by atoms with Gasteiger partial charge in [0, 0.05) is 17.7 Å². The van der Waals surface area contributed by atoms with E-state index in [2.05, 4.69) is 5.32 Å². The fourth-order valence-electron chi connectivity index (χ4n) is 2.58. The van der Waals surface area contributed by atoms with Crippen LogP contribution in [0.3, 0.4) is 0 Å². The molecule has 1 aliphatic rings. The maximum absolute atomic E-state index is 12.3. The minimum absolute atomic E-state index is 0.0000983. The summed E-state index contributed by atoms with van der Waals surface area (Å²) in [7, 11) is 0. The average Bonchev–Trinajstić information content (AvgIpc) is 2.76. The lowest BCUT2D eigenvalue weighted by molar-refractivity contribution is -0.117. The van der Waals surface area contributed by atoms with Crippen molar-refractivity contribution >= 4 is 17.4 Å². The zero-order chi connectivity index (χ0) is 14.1. The fraction of sp³-hybridized carbons (Fsp3) is 0.176.